The summed E-state index contributed by atoms with van der Waals surface area (Å²) in [4.78, 5) is 16.7. The highest BCUT2D eigenvalue weighted by Gasteiger charge is 2.37. The lowest BCUT2D eigenvalue weighted by molar-refractivity contribution is -0.668. The molecule has 2 heterocycles. The predicted molar refractivity (Wildman–Crippen MR) is 169 cm³/mol. The number of aliphatic hydroxyl groups is 10. The maximum absolute atomic E-state index is 12.9. The molecule has 0 radical (unpaired) electrons. The number of nitrogens with one attached hydrogen (secondary N) is 1. The number of nitrogens with zero attached hydrogens (tertiary/aromatic N) is 4. The molecule has 1 aliphatic rings. The van der Waals surface area contributed by atoms with Gasteiger partial charge >= 0.3 is 0 Å². The van der Waals surface area contributed by atoms with Gasteiger partial charge in [-0.25, -0.2) is 9.13 Å². The second-order valence-electron chi connectivity index (χ2n) is 12.3. The van der Waals surface area contributed by atoms with Gasteiger partial charge in [0.25, 0.3) is 5.91 Å². The van der Waals surface area contributed by atoms with E-state index in [1.165, 1.54) is 0 Å². The lowest BCUT2D eigenvalue weighted by Gasteiger charge is -2.41. The van der Waals surface area contributed by atoms with E-state index in [-0.39, 0.29) is 25.0 Å². The zero-order valence-electron chi connectivity index (χ0n) is 27.2. The van der Waals surface area contributed by atoms with Gasteiger partial charge in [-0.3, -0.25) is 9.69 Å². The molecule has 0 spiro atoms. The van der Waals surface area contributed by atoms with Gasteiger partial charge in [-0.15, -0.1) is 0 Å². The van der Waals surface area contributed by atoms with Crippen LogP contribution in [0.1, 0.15) is 37.0 Å². The van der Waals surface area contributed by atoms with E-state index in [1.807, 2.05) is 24.5 Å². The molecule has 0 aliphatic carbocycles. The first kappa shape index (κ1) is 39.1. The summed E-state index contributed by atoms with van der Waals surface area (Å²) < 4.78 is 4.23. The molecule has 1 amide bonds. The van der Waals surface area contributed by atoms with Crippen LogP contribution < -0.4 is 9.88 Å². The Morgan fingerprint density at radius 2 is 1.40 bits per heavy atom. The molecule has 2 aromatic rings. The van der Waals surface area contributed by atoms with E-state index >= 15 is 0 Å². The Labute approximate surface area is 274 Å². The number of hydrogen-bond donors (Lipinski definition) is 11. The number of hydrogen-bond acceptors (Lipinski definition) is 13. The smallest absolute Gasteiger partial charge is 0.251 e. The zero-order chi connectivity index (χ0) is 34.8. The third-order valence-electron chi connectivity index (χ3n) is 9.10. The van der Waals surface area contributed by atoms with Crippen molar-refractivity contribution in [2.24, 2.45) is 0 Å². The van der Waals surface area contributed by atoms with Gasteiger partial charge in [-0.05, 0) is 51.9 Å². The standard InChI is InChI=1S/C31H53N5O11/c1-3-34-18-35(4-2)22-13-19(5-6-21(22)34)31(47)32-9-12-33-10-7-20(8-11-33)36(14-23(39)27(43)29(45)25(41)16-37)15-24(40)28(44)30(46)26(42)17-38/h5-6,13,18,20,23-30,37-46H,3-4,7-12,14-17H2,1-2H3/p+1/t23-,24-,25+,26+,27+,28+,29+,30+/m0/s1. The molecule has 11 N–H and O–H groups in total. The molecule has 16 nitrogen and oxygen atoms in total. The minimum Gasteiger partial charge on any atom is -0.394 e. The average molecular weight is 673 g/mol. The van der Waals surface area contributed by atoms with Crippen molar-refractivity contribution >= 4 is 16.9 Å². The SMILES string of the molecule is CCn1c[n+](CC)c2ccc(C(=O)NCCN3CCC(N(C[C@H](O)[C@@H](O)[C@H](O)[C@H](O)CO)C[C@H](O)[C@@H](O)[C@H](O)[C@H](O)CO)CC3)cc21. The van der Waals surface area contributed by atoms with Crippen LogP contribution >= 0.6 is 0 Å². The Balaban J connectivity index is 1.59. The number of carbonyl (C=O) groups is 1. The van der Waals surface area contributed by atoms with Crippen molar-refractivity contribution in [2.75, 3.05) is 52.5 Å². The molecular weight excluding hydrogens is 618 g/mol. The van der Waals surface area contributed by atoms with Crippen molar-refractivity contribution in [3.63, 3.8) is 0 Å². The van der Waals surface area contributed by atoms with E-state index in [2.05, 4.69) is 33.2 Å². The van der Waals surface area contributed by atoms with E-state index in [4.69, 9.17) is 10.2 Å². The third kappa shape index (κ3) is 10.1. The third-order valence-corrected chi connectivity index (χ3v) is 9.10. The summed E-state index contributed by atoms with van der Waals surface area (Å²) in [6, 6.07) is 5.38. The molecular formula is C31H54N5O11+. The van der Waals surface area contributed by atoms with Gasteiger partial charge in [-0.2, -0.15) is 0 Å². The van der Waals surface area contributed by atoms with Crippen LogP contribution in [0.25, 0.3) is 11.0 Å². The summed E-state index contributed by atoms with van der Waals surface area (Å²) >= 11 is 0. The summed E-state index contributed by atoms with van der Waals surface area (Å²) in [6.45, 7) is 5.58. The first-order chi connectivity index (χ1) is 22.4. The van der Waals surface area contributed by atoms with Crippen LogP contribution in [0.3, 0.4) is 0 Å². The van der Waals surface area contributed by atoms with E-state index in [0.717, 1.165) is 24.1 Å². The van der Waals surface area contributed by atoms with E-state index < -0.39 is 62.0 Å². The molecule has 1 aliphatic heterocycles. The Kier molecular flexibility index (Phi) is 15.4. The summed E-state index contributed by atoms with van der Waals surface area (Å²) in [6.07, 6.45) is -10.9. The summed E-state index contributed by atoms with van der Waals surface area (Å²) in [5.74, 6) is -0.179. The predicted octanol–water partition coefficient (Wildman–Crippen LogP) is -4.66. The molecule has 8 atom stereocenters. The monoisotopic (exact) mass is 672 g/mol. The first-order valence-electron chi connectivity index (χ1n) is 16.3. The van der Waals surface area contributed by atoms with Crippen molar-refractivity contribution in [1.82, 2.24) is 19.7 Å². The van der Waals surface area contributed by atoms with Crippen LogP contribution in [-0.2, 0) is 13.1 Å². The number of amides is 1. The number of carbonyl (C=O) groups excluding carboxylic acids is 1. The number of piperidine rings is 1. The lowest BCUT2D eigenvalue weighted by Crippen LogP contribution is -2.56. The molecule has 1 aromatic heterocycles. The lowest BCUT2D eigenvalue weighted by atomic mass is 9.97. The highest BCUT2D eigenvalue weighted by atomic mass is 16.4. The van der Waals surface area contributed by atoms with Gasteiger partial charge in [0.05, 0.1) is 38.5 Å². The van der Waals surface area contributed by atoms with Crippen LogP contribution in [-0.4, -0.2) is 179 Å². The van der Waals surface area contributed by atoms with Crippen LogP contribution in [0, 0.1) is 0 Å². The number of benzene rings is 1. The minimum atomic E-state index is -1.85. The van der Waals surface area contributed by atoms with E-state index in [1.54, 1.807) is 4.90 Å². The van der Waals surface area contributed by atoms with Gasteiger partial charge in [0.15, 0.2) is 11.0 Å². The van der Waals surface area contributed by atoms with Gasteiger partial charge in [0, 0.05) is 43.9 Å². The Bertz CT molecular complexity index is 1210. The van der Waals surface area contributed by atoms with Crippen molar-refractivity contribution < 1.29 is 60.4 Å². The summed E-state index contributed by atoms with van der Waals surface area (Å²) in [5, 5.41) is 103. The number of aliphatic hydroxyl groups excluding tert-OH is 10. The average Bonchev–Trinajstić information content (AvgIpc) is 3.46. The molecule has 0 unspecified atom stereocenters. The maximum Gasteiger partial charge on any atom is 0.251 e. The topological polar surface area (TPSA) is 247 Å². The molecule has 268 valence electrons. The quantitative estimate of drug-likeness (QED) is 0.0630. The number of fused-ring (bicyclic) bond motifs is 1. The minimum absolute atomic E-state index is 0.179. The number of rotatable bonds is 19. The van der Waals surface area contributed by atoms with Gasteiger partial charge in [-0.1, -0.05) is 0 Å². The second-order valence-corrected chi connectivity index (χ2v) is 12.3. The van der Waals surface area contributed by atoms with Crippen LogP contribution in [0.4, 0.5) is 0 Å². The molecule has 0 bridgehead atoms. The van der Waals surface area contributed by atoms with Crippen molar-refractivity contribution in [3.05, 3.63) is 30.1 Å². The molecule has 47 heavy (non-hydrogen) atoms. The number of likely N-dealkylation sites (tertiary alicyclic amines) is 1. The fourth-order valence-electron chi connectivity index (χ4n) is 6.07. The molecule has 0 saturated carbocycles. The van der Waals surface area contributed by atoms with Crippen LogP contribution in [0.5, 0.6) is 0 Å². The molecule has 1 fully saturated rings. The van der Waals surface area contributed by atoms with Crippen LogP contribution in [0.2, 0.25) is 0 Å². The Morgan fingerprint density at radius 3 is 1.89 bits per heavy atom. The van der Waals surface area contributed by atoms with E-state index in [0.29, 0.717) is 44.6 Å². The zero-order valence-corrected chi connectivity index (χ0v) is 27.2. The molecule has 3 rings (SSSR count). The van der Waals surface area contributed by atoms with Gasteiger partial charge in [0.2, 0.25) is 6.33 Å². The number of aryl methyl sites for hydroxylation is 2. The fraction of sp³-hybridized carbons (Fsp3) is 0.742. The van der Waals surface area contributed by atoms with Crippen molar-refractivity contribution in [1.29, 1.82) is 0 Å². The largest absolute Gasteiger partial charge is 0.394 e. The highest BCUT2D eigenvalue weighted by Crippen LogP contribution is 2.20. The fourth-order valence-corrected chi connectivity index (χ4v) is 6.07. The first-order valence-corrected chi connectivity index (χ1v) is 16.3. The summed E-state index contributed by atoms with van der Waals surface area (Å²) in [5.41, 5.74) is 2.62. The van der Waals surface area contributed by atoms with Crippen molar-refractivity contribution in [3.8, 4) is 0 Å². The van der Waals surface area contributed by atoms with Gasteiger partial charge < -0.3 is 61.3 Å². The highest BCUT2D eigenvalue weighted by molar-refractivity contribution is 5.97. The number of aromatic nitrogens is 2. The Morgan fingerprint density at radius 1 is 0.872 bits per heavy atom. The van der Waals surface area contributed by atoms with Gasteiger partial charge in [0.1, 0.15) is 36.6 Å². The van der Waals surface area contributed by atoms with E-state index in [9.17, 15) is 45.6 Å². The molecule has 1 aromatic carbocycles. The summed E-state index contributed by atoms with van der Waals surface area (Å²) in [7, 11) is 0. The van der Waals surface area contributed by atoms with Crippen LogP contribution in [0.15, 0.2) is 24.5 Å². The normalized spacial score (nSPS) is 20.1. The van der Waals surface area contributed by atoms with Crippen molar-refractivity contribution in [2.45, 2.75) is 94.7 Å². The Hall–Kier alpha value is -2.32. The maximum atomic E-state index is 12.9. The second kappa shape index (κ2) is 18.4. The number of imidazole rings is 1. The molecule has 16 heteroatoms. The molecule has 1 saturated heterocycles.